The molecule has 0 aromatic rings. The summed E-state index contributed by atoms with van der Waals surface area (Å²) >= 11 is 0. The number of likely N-dealkylation sites (tertiary alicyclic amines) is 1. The maximum Gasteiger partial charge on any atom is 0.209 e. The highest BCUT2D eigenvalue weighted by Gasteiger charge is 2.10. The minimum Gasteiger partial charge on any atom is -0.344 e. The first kappa shape index (κ1) is 23.1. The van der Waals surface area contributed by atoms with Gasteiger partial charge in [0.2, 0.25) is 6.41 Å². The Morgan fingerprint density at radius 2 is 1.67 bits per heavy atom. The monoisotopic (exact) mass is 319 g/mol. The third-order valence-corrected chi connectivity index (χ3v) is 3.40. The van der Waals surface area contributed by atoms with Crippen molar-refractivity contribution in [2.75, 3.05) is 60.0 Å². The van der Waals surface area contributed by atoms with Crippen molar-refractivity contribution in [2.24, 2.45) is 5.92 Å². The highest BCUT2D eigenvalue weighted by Crippen LogP contribution is 2.13. The number of piperidine rings is 1. The highest BCUT2D eigenvalue weighted by molar-refractivity contribution is 7.16. The van der Waals surface area contributed by atoms with Crippen LogP contribution in [0.3, 0.4) is 0 Å². The van der Waals surface area contributed by atoms with Gasteiger partial charge in [-0.2, -0.15) is 0 Å². The number of hydrogen-bond acceptors (Lipinski definition) is 3. The van der Waals surface area contributed by atoms with Gasteiger partial charge in [-0.05, 0) is 66.1 Å². The summed E-state index contributed by atoms with van der Waals surface area (Å²) in [6, 6.07) is 0. The van der Waals surface area contributed by atoms with Crippen LogP contribution >= 0.6 is 9.24 Å². The van der Waals surface area contributed by atoms with Crippen molar-refractivity contribution in [3.63, 3.8) is 0 Å². The van der Waals surface area contributed by atoms with E-state index in [4.69, 9.17) is 0 Å². The van der Waals surface area contributed by atoms with Crippen LogP contribution in [0.4, 0.5) is 0 Å². The van der Waals surface area contributed by atoms with Crippen LogP contribution in [0, 0.1) is 5.92 Å². The Morgan fingerprint density at radius 3 is 1.95 bits per heavy atom. The predicted molar refractivity (Wildman–Crippen MR) is 98.0 cm³/mol. The van der Waals surface area contributed by atoms with E-state index in [1.165, 1.54) is 32.1 Å². The molecule has 1 rings (SSSR count). The Morgan fingerprint density at radius 1 is 1.19 bits per heavy atom. The molecule has 0 aromatic carbocycles. The number of carbonyl (C=O) groups is 1. The first-order chi connectivity index (χ1) is 9.90. The lowest BCUT2D eigenvalue weighted by molar-refractivity contribution is -0.118. The second-order valence-corrected chi connectivity index (χ2v) is 6.75. The van der Waals surface area contributed by atoms with Crippen LogP contribution in [0.15, 0.2) is 0 Å². The molecule has 0 aliphatic carbocycles. The zero-order valence-electron chi connectivity index (χ0n) is 15.1. The van der Waals surface area contributed by atoms with Crippen LogP contribution in [0.2, 0.25) is 0 Å². The molecule has 1 unspecified atom stereocenters. The van der Waals surface area contributed by atoms with Gasteiger partial charge in [0.05, 0.1) is 0 Å². The van der Waals surface area contributed by atoms with Crippen LogP contribution in [0.5, 0.6) is 0 Å². The third-order valence-electron chi connectivity index (χ3n) is 3.40. The van der Waals surface area contributed by atoms with E-state index in [1.54, 1.807) is 4.90 Å². The molecule has 128 valence electrons. The van der Waals surface area contributed by atoms with Crippen molar-refractivity contribution >= 4 is 15.6 Å². The number of hydrogen-bond donors (Lipinski definition) is 0. The van der Waals surface area contributed by atoms with Crippen LogP contribution in [-0.2, 0) is 4.79 Å². The van der Waals surface area contributed by atoms with E-state index in [0.717, 1.165) is 32.0 Å². The maximum absolute atomic E-state index is 10.3. The zero-order chi connectivity index (χ0) is 16.7. The van der Waals surface area contributed by atoms with Crippen molar-refractivity contribution in [1.29, 1.82) is 0 Å². The Hall–Kier alpha value is -0.180. The minimum absolute atomic E-state index is 0.803. The fourth-order valence-electron chi connectivity index (χ4n) is 1.75. The summed E-state index contributed by atoms with van der Waals surface area (Å²) in [4.78, 5) is 16.5. The topological polar surface area (TPSA) is 26.8 Å². The Bertz CT molecular complexity index is 210. The lowest BCUT2D eigenvalue weighted by Crippen LogP contribution is -2.30. The molecule has 1 aliphatic heterocycles. The van der Waals surface area contributed by atoms with Crippen molar-refractivity contribution in [1.82, 2.24) is 14.7 Å². The summed E-state index contributed by atoms with van der Waals surface area (Å²) in [6.45, 7) is 11.6. The lowest BCUT2D eigenvalue weighted by atomic mass is 10.00. The predicted octanol–water partition coefficient (Wildman–Crippen LogP) is 2.26. The molecule has 21 heavy (non-hydrogen) atoms. The van der Waals surface area contributed by atoms with Crippen LogP contribution in [0.1, 0.15) is 33.6 Å². The first-order valence-corrected chi connectivity index (χ1v) is 8.95. The van der Waals surface area contributed by atoms with Gasteiger partial charge in [0.1, 0.15) is 0 Å². The summed E-state index contributed by atoms with van der Waals surface area (Å²) < 4.78 is 0. The second-order valence-electron chi connectivity index (χ2n) is 5.93. The van der Waals surface area contributed by atoms with E-state index in [0.29, 0.717) is 0 Å². The normalized spacial score (nSPS) is 15.6. The van der Waals surface area contributed by atoms with Gasteiger partial charge in [0.15, 0.2) is 0 Å². The van der Waals surface area contributed by atoms with E-state index in [9.17, 15) is 4.79 Å². The molecule has 4 nitrogen and oxygen atoms in total. The largest absolute Gasteiger partial charge is 0.344 e. The molecule has 1 aliphatic rings. The van der Waals surface area contributed by atoms with E-state index in [2.05, 4.69) is 39.9 Å². The van der Waals surface area contributed by atoms with Gasteiger partial charge in [-0.25, -0.2) is 0 Å². The van der Waals surface area contributed by atoms with E-state index < -0.39 is 0 Å². The average Bonchev–Trinajstić information content (AvgIpc) is 2.44. The first-order valence-electron chi connectivity index (χ1n) is 8.13. The van der Waals surface area contributed by atoms with E-state index in [1.807, 2.05) is 21.0 Å². The van der Waals surface area contributed by atoms with Gasteiger partial charge in [0, 0.05) is 19.6 Å². The van der Waals surface area contributed by atoms with Gasteiger partial charge in [-0.15, -0.1) is 9.24 Å². The van der Waals surface area contributed by atoms with E-state index in [-0.39, 0.29) is 0 Å². The molecule has 0 N–H and O–H groups in total. The molecule has 1 fully saturated rings. The molecular weight excluding hydrogens is 281 g/mol. The molecule has 1 heterocycles. The van der Waals surface area contributed by atoms with Crippen molar-refractivity contribution < 1.29 is 4.79 Å². The number of carbonyl (C=O) groups excluding carboxylic acids is 1. The van der Waals surface area contributed by atoms with Gasteiger partial charge < -0.3 is 14.7 Å². The lowest BCUT2D eigenvalue weighted by Gasteiger charge is -2.26. The fraction of sp³-hybridized carbons (Fsp3) is 0.938. The quantitative estimate of drug-likeness (QED) is 0.574. The summed E-state index contributed by atoms with van der Waals surface area (Å²) in [5, 5.41) is 0. The number of rotatable bonds is 5. The number of likely N-dealkylation sites (N-methyl/N-ethyl adjacent to an activating group) is 2. The van der Waals surface area contributed by atoms with Crippen molar-refractivity contribution in [3.05, 3.63) is 0 Å². The molecule has 5 heteroatoms. The third kappa shape index (κ3) is 17.8. The molecule has 0 saturated carbocycles. The number of amides is 1. The Balaban J connectivity index is 0. The molecule has 0 spiro atoms. The Kier molecular flexibility index (Phi) is 17.8. The number of nitrogens with zero attached hydrogens (tertiary/aromatic N) is 3. The minimum atomic E-state index is 0.803. The molecule has 1 atom stereocenters. The van der Waals surface area contributed by atoms with Crippen molar-refractivity contribution in [2.45, 2.75) is 33.6 Å². The van der Waals surface area contributed by atoms with Gasteiger partial charge >= 0.3 is 0 Å². The molecule has 1 amide bonds. The summed E-state index contributed by atoms with van der Waals surface area (Å²) in [6.07, 6.45) is 4.86. The molecule has 0 radical (unpaired) electrons. The summed E-state index contributed by atoms with van der Waals surface area (Å²) in [7, 11) is 8.78. The van der Waals surface area contributed by atoms with Crippen LogP contribution < -0.4 is 0 Å². The van der Waals surface area contributed by atoms with Gasteiger partial charge in [0.25, 0.3) is 0 Å². The fourth-order valence-corrected chi connectivity index (χ4v) is 1.75. The van der Waals surface area contributed by atoms with Crippen LogP contribution in [-0.4, -0.2) is 81.1 Å². The van der Waals surface area contributed by atoms with Gasteiger partial charge in [-0.3, -0.25) is 4.79 Å². The second kappa shape index (κ2) is 16.2. The highest BCUT2D eigenvalue weighted by atomic mass is 31.0. The smallest absolute Gasteiger partial charge is 0.209 e. The standard InChI is InChI=1S/C7H16N2O.C7H15N.C2H7P/c1-4-9(7-10)6-5-8(2)3;1-7-3-5-8(2)6-4-7;1-2-3/h7H,4-6H2,1-3H3;7H,3-6H2,1-2H3;2-3H2,1H3. The summed E-state index contributed by atoms with van der Waals surface area (Å²) in [5.74, 6) is 0.978. The average molecular weight is 319 g/mol. The zero-order valence-corrected chi connectivity index (χ0v) is 16.3. The SMILES string of the molecule is CC1CCN(C)CC1.CCN(C=O)CCN(C)C.CCP. The summed E-state index contributed by atoms with van der Waals surface area (Å²) in [5.41, 5.74) is 0. The Labute approximate surface area is 135 Å². The maximum atomic E-state index is 10.3. The van der Waals surface area contributed by atoms with E-state index >= 15 is 0 Å². The molecule has 0 bridgehead atoms. The molecule has 1 saturated heterocycles. The molecule has 0 aromatic heterocycles. The van der Waals surface area contributed by atoms with Gasteiger partial charge in [-0.1, -0.05) is 13.8 Å². The molecular formula is C16H38N3OP. The van der Waals surface area contributed by atoms with Crippen molar-refractivity contribution in [3.8, 4) is 0 Å². The van der Waals surface area contributed by atoms with Crippen LogP contribution in [0.25, 0.3) is 0 Å².